The van der Waals surface area contributed by atoms with Gasteiger partial charge in [-0.1, -0.05) is 35.9 Å². The lowest BCUT2D eigenvalue weighted by Gasteiger charge is -2.06. The molecule has 1 nitrogen and oxygen atoms in total. The largest absolute Gasteiger partial charge is 0.337 e. The van der Waals surface area contributed by atoms with Crippen LogP contribution in [0.25, 0.3) is 16.5 Å². The van der Waals surface area contributed by atoms with Crippen LogP contribution < -0.4 is 0 Å². The van der Waals surface area contributed by atoms with Crippen molar-refractivity contribution >= 4 is 16.5 Å². The van der Waals surface area contributed by atoms with Crippen LogP contribution in [0, 0.1) is 0 Å². The third-order valence-corrected chi connectivity index (χ3v) is 3.25. The minimum Gasteiger partial charge on any atom is -0.337 e. The van der Waals surface area contributed by atoms with Crippen molar-refractivity contribution in [2.24, 2.45) is 0 Å². The predicted molar refractivity (Wildman–Crippen MR) is 69.3 cm³/mol. The Labute approximate surface area is 95.7 Å². The van der Waals surface area contributed by atoms with Crippen LogP contribution in [0.5, 0.6) is 0 Å². The molecule has 2 aromatic rings. The summed E-state index contributed by atoms with van der Waals surface area (Å²) in [5.41, 5.74) is 5.37. The molecule has 80 valence electrons. The maximum absolute atomic E-state index is 2.39. The lowest BCUT2D eigenvalue weighted by Crippen LogP contribution is -1.97. The van der Waals surface area contributed by atoms with Crippen molar-refractivity contribution in [1.29, 1.82) is 0 Å². The van der Waals surface area contributed by atoms with Crippen LogP contribution in [0.4, 0.5) is 0 Å². The number of hydrogen-bond donors (Lipinski definition) is 0. The molecule has 3 rings (SSSR count). The molecule has 0 N–H and O–H groups in total. The molecule has 0 spiro atoms. The van der Waals surface area contributed by atoms with Crippen molar-refractivity contribution in [3.8, 4) is 0 Å². The molecule has 0 fully saturated rings. The Hall–Kier alpha value is -1.76. The first kappa shape index (κ1) is 9.46. The van der Waals surface area contributed by atoms with E-state index in [2.05, 4.69) is 60.9 Å². The van der Waals surface area contributed by atoms with Gasteiger partial charge in [-0.15, -0.1) is 0 Å². The molecule has 0 aliphatic carbocycles. The Bertz CT molecular complexity index is 611. The van der Waals surface area contributed by atoms with E-state index in [0.717, 1.165) is 6.54 Å². The highest BCUT2D eigenvalue weighted by Gasteiger charge is 2.10. The summed E-state index contributed by atoms with van der Waals surface area (Å²) in [6.07, 6.45) is 4.55. The maximum atomic E-state index is 2.39. The number of allylic oxidation sites excluding steroid dienone is 4. The van der Waals surface area contributed by atoms with Crippen LogP contribution in [0.15, 0.2) is 48.1 Å². The SMILES string of the molecule is CC1=CCn2c(cc3ccccc32)C(C)=C1. The van der Waals surface area contributed by atoms with Gasteiger partial charge in [-0.2, -0.15) is 0 Å². The zero-order valence-electron chi connectivity index (χ0n) is 9.70. The summed E-state index contributed by atoms with van der Waals surface area (Å²) in [5.74, 6) is 0. The normalized spacial score (nSPS) is 15.4. The van der Waals surface area contributed by atoms with Crippen molar-refractivity contribution in [3.05, 3.63) is 53.8 Å². The second-order valence-electron chi connectivity index (χ2n) is 4.47. The Morgan fingerprint density at radius 1 is 1.12 bits per heavy atom. The summed E-state index contributed by atoms with van der Waals surface area (Å²) < 4.78 is 2.39. The molecular formula is C15H15N. The zero-order valence-corrected chi connectivity index (χ0v) is 9.70. The molecule has 2 heterocycles. The first-order chi connectivity index (χ1) is 7.75. The smallest absolute Gasteiger partial charge is 0.0488 e. The van der Waals surface area contributed by atoms with Crippen LogP contribution in [0.3, 0.4) is 0 Å². The number of nitrogens with zero attached hydrogens (tertiary/aromatic N) is 1. The van der Waals surface area contributed by atoms with E-state index in [1.807, 2.05) is 0 Å². The highest BCUT2D eigenvalue weighted by atomic mass is 15.0. The minimum absolute atomic E-state index is 0.975. The molecule has 1 aromatic carbocycles. The number of para-hydroxylation sites is 1. The monoisotopic (exact) mass is 209 g/mol. The number of aromatic nitrogens is 1. The van der Waals surface area contributed by atoms with Gasteiger partial charge < -0.3 is 4.57 Å². The van der Waals surface area contributed by atoms with Gasteiger partial charge >= 0.3 is 0 Å². The molecule has 0 bridgehead atoms. The minimum atomic E-state index is 0.975. The van der Waals surface area contributed by atoms with Gasteiger partial charge in [-0.3, -0.25) is 0 Å². The van der Waals surface area contributed by atoms with Gasteiger partial charge in [0.15, 0.2) is 0 Å². The molecule has 0 unspecified atom stereocenters. The van der Waals surface area contributed by atoms with E-state index in [4.69, 9.17) is 0 Å². The van der Waals surface area contributed by atoms with Crippen LogP contribution in [-0.2, 0) is 6.54 Å². The fourth-order valence-electron chi connectivity index (χ4n) is 2.44. The van der Waals surface area contributed by atoms with Gasteiger partial charge in [-0.25, -0.2) is 0 Å². The van der Waals surface area contributed by atoms with E-state index >= 15 is 0 Å². The molecular weight excluding hydrogens is 194 g/mol. The third-order valence-electron chi connectivity index (χ3n) is 3.25. The molecule has 1 heteroatoms. The topological polar surface area (TPSA) is 4.93 Å². The second kappa shape index (κ2) is 3.38. The van der Waals surface area contributed by atoms with Gasteiger partial charge in [0.2, 0.25) is 0 Å². The molecule has 0 radical (unpaired) electrons. The number of hydrogen-bond acceptors (Lipinski definition) is 0. The molecule has 0 saturated heterocycles. The van der Waals surface area contributed by atoms with Gasteiger partial charge in [0, 0.05) is 23.1 Å². The van der Waals surface area contributed by atoms with Crippen LogP contribution in [0.1, 0.15) is 19.5 Å². The molecule has 1 aliphatic rings. The summed E-state index contributed by atoms with van der Waals surface area (Å²) in [6, 6.07) is 10.9. The second-order valence-corrected chi connectivity index (χ2v) is 4.47. The summed E-state index contributed by atoms with van der Waals surface area (Å²) in [6.45, 7) is 5.33. The fourth-order valence-corrected chi connectivity index (χ4v) is 2.44. The zero-order chi connectivity index (χ0) is 11.1. The van der Waals surface area contributed by atoms with Crippen molar-refractivity contribution in [1.82, 2.24) is 4.57 Å². The first-order valence-corrected chi connectivity index (χ1v) is 5.69. The van der Waals surface area contributed by atoms with Gasteiger partial charge in [0.05, 0.1) is 0 Å². The van der Waals surface area contributed by atoms with Crippen LogP contribution in [0.2, 0.25) is 0 Å². The van der Waals surface area contributed by atoms with E-state index in [1.54, 1.807) is 0 Å². The van der Waals surface area contributed by atoms with Crippen LogP contribution >= 0.6 is 0 Å². The van der Waals surface area contributed by atoms with E-state index in [-0.39, 0.29) is 0 Å². The van der Waals surface area contributed by atoms with E-state index < -0.39 is 0 Å². The van der Waals surface area contributed by atoms with E-state index in [9.17, 15) is 0 Å². The Morgan fingerprint density at radius 3 is 2.81 bits per heavy atom. The quantitative estimate of drug-likeness (QED) is 0.618. The summed E-state index contributed by atoms with van der Waals surface area (Å²) in [4.78, 5) is 0. The number of benzene rings is 1. The lowest BCUT2D eigenvalue weighted by molar-refractivity contribution is 0.849. The Balaban J connectivity index is 2.33. The lowest BCUT2D eigenvalue weighted by atomic mass is 10.1. The summed E-state index contributed by atoms with van der Waals surface area (Å²) >= 11 is 0. The van der Waals surface area contributed by atoms with Crippen molar-refractivity contribution in [2.45, 2.75) is 20.4 Å². The summed E-state index contributed by atoms with van der Waals surface area (Å²) in [7, 11) is 0. The summed E-state index contributed by atoms with van der Waals surface area (Å²) in [5, 5.41) is 1.33. The van der Waals surface area contributed by atoms with Crippen molar-refractivity contribution in [3.63, 3.8) is 0 Å². The Morgan fingerprint density at radius 2 is 1.94 bits per heavy atom. The van der Waals surface area contributed by atoms with Crippen LogP contribution in [-0.4, -0.2) is 4.57 Å². The standard InChI is InChI=1S/C15H15N/c1-11-7-8-16-14-6-4-3-5-13(14)10-15(16)12(2)9-11/h3-7,9-10H,8H2,1-2H3. The van der Waals surface area contributed by atoms with E-state index in [1.165, 1.54) is 27.7 Å². The number of fused-ring (bicyclic) bond motifs is 3. The molecule has 0 amide bonds. The van der Waals surface area contributed by atoms with Gasteiger partial charge in [-0.05, 0) is 31.6 Å². The van der Waals surface area contributed by atoms with E-state index in [0.29, 0.717) is 0 Å². The van der Waals surface area contributed by atoms with Crippen molar-refractivity contribution < 1.29 is 0 Å². The average Bonchev–Trinajstić information content (AvgIpc) is 2.58. The molecule has 1 aliphatic heterocycles. The third kappa shape index (κ3) is 1.32. The fraction of sp³-hybridized carbons (Fsp3) is 0.200. The molecule has 16 heavy (non-hydrogen) atoms. The highest BCUT2D eigenvalue weighted by Crippen LogP contribution is 2.27. The average molecular weight is 209 g/mol. The first-order valence-electron chi connectivity index (χ1n) is 5.69. The molecule has 0 saturated carbocycles. The predicted octanol–water partition coefficient (Wildman–Crippen LogP) is 4.00. The maximum Gasteiger partial charge on any atom is 0.0488 e. The highest BCUT2D eigenvalue weighted by molar-refractivity contribution is 5.86. The molecule has 1 aromatic heterocycles. The van der Waals surface area contributed by atoms with Gasteiger partial charge in [0.25, 0.3) is 0 Å². The Kier molecular flexibility index (Phi) is 2.00. The van der Waals surface area contributed by atoms with Crippen molar-refractivity contribution in [2.75, 3.05) is 0 Å². The number of rotatable bonds is 0. The molecule has 0 atom stereocenters. The van der Waals surface area contributed by atoms with Gasteiger partial charge in [0.1, 0.15) is 0 Å².